The van der Waals surface area contributed by atoms with Crippen molar-refractivity contribution in [3.63, 3.8) is 0 Å². The molecule has 2 heteroatoms. The summed E-state index contributed by atoms with van der Waals surface area (Å²) in [6.07, 6.45) is 7.82. The van der Waals surface area contributed by atoms with Crippen LogP contribution in [0.2, 0.25) is 0 Å². The van der Waals surface area contributed by atoms with Crippen molar-refractivity contribution in [1.29, 1.82) is 0 Å². The molecule has 2 unspecified atom stereocenters. The Balaban J connectivity index is 1.91. The van der Waals surface area contributed by atoms with Crippen molar-refractivity contribution in [2.24, 2.45) is 17.8 Å². The Morgan fingerprint density at radius 3 is 2.73 bits per heavy atom. The fourth-order valence-electron chi connectivity index (χ4n) is 3.58. The lowest BCUT2D eigenvalue weighted by atomic mass is 9.65. The lowest BCUT2D eigenvalue weighted by Crippen LogP contribution is -2.36. The predicted molar refractivity (Wildman–Crippen MR) is 59.4 cm³/mol. The van der Waals surface area contributed by atoms with Gasteiger partial charge in [-0.15, -0.1) is 0 Å². The maximum absolute atomic E-state index is 10.9. The van der Waals surface area contributed by atoms with Crippen LogP contribution in [0.3, 0.4) is 0 Å². The fourth-order valence-corrected chi connectivity index (χ4v) is 3.58. The third kappa shape index (κ3) is 2.53. The molecule has 2 aliphatic carbocycles. The van der Waals surface area contributed by atoms with Crippen LogP contribution in [-0.2, 0) is 9.53 Å². The molecule has 0 aromatic heterocycles. The van der Waals surface area contributed by atoms with Crippen LogP contribution in [0, 0.1) is 17.8 Å². The predicted octanol–water partition coefficient (Wildman–Crippen LogP) is 3.15. The summed E-state index contributed by atoms with van der Waals surface area (Å²) in [5.41, 5.74) is 0. The van der Waals surface area contributed by atoms with Crippen LogP contribution in [-0.4, -0.2) is 12.1 Å². The lowest BCUT2D eigenvalue weighted by molar-refractivity contribution is -0.150. The van der Waals surface area contributed by atoms with Crippen LogP contribution in [0.4, 0.5) is 0 Å². The van der Waals surface area contributed by atoms with Gasteiger partial charge < -0.3 is 4.74 Å². The molecular weight excluding hydrogens is 188 g/mol. The van der Waals surface area contributed by atoms with E-state index in [1.165, 1.54) is 32.6 Å². The van der Waals surface area contributed by atoms with E-state index in [1.54, 1.807) is 0 Å². The molecule has 0 radical (unpaired) electrons. The molecule has 4 atom stereocenters. The molecule has 0 spiro atoms. The standard InChI is InChI=1S/C13H22O2/c1-9-4-3-5-11-8-12(15-10(2)14)6-7-13(9)11/h9,11-13H,3-8H2,1-2H3/t9-,11?,12-,13?/m1/s1. The summed E-state index contributed by atoms with van der Waals surface area (Å²) in [6.45, 7) is 3.92. The molecule has 0 saturated heterocycles. The van der Waals surface area contributed by atoms with Crippen molar-refractivity contribution in [1.82, 2.24) is 0 Å². The molecule has 15 heavy (non-hydrogen) atoms. The van der Waals surface area contributed by atoms with Crippen molar-refractivity contribution in [2.45, 2.75) is 58.5 Å². The zero-order chi connectivity index (χ0) is 10.8. The number of ether oxygens (including phenoxy) is 1. The van der Waals surface area contributed by atoms with E-state index in [9.17, 15) is 4.79 Å². The summed E-state index contributed by atoms with van der Waals surface area (Å²) in [5, 5.41) is 0. The molecule has 2 aliphatic rings. The van der Waals surface area contributed by atoms with Gasteiger partial charge in [0.25, 0.3) is 0 Å². The monoisotopic (exact) mass is 210 g/mol. The molecule has 86 valence electrons. The van der Waals surface area contributed by atoms with Crippen LogP contribution < -0.4 is 0 Å². The molecular formula is C13H22O2. The summed E-state index contributed by atoms with van der Waals surface area (Å²) in [5.74, 6) is 2.52. The van der Waals surface area contributed by atoms with E-state index < -0.39 is 0 Å². The second-order valence-corrected chi connectivity index (χ2v) is 5.38. The molecule has 2 fully saturated rings. The van der Waals surface area contributed by atoms with Crippen LogP contribution >= 0.6 is 0 Å². The normalized spacial score (nSPS) is 40.7. The molecule has 0 N–H and O–H groups in total. The van der Waals surface area contributed by atoms with Gasteiger partial charge in [-0.2, -0.15) is 0 Å². The number of fused-ring (bicyclic) bond motifs is 1. The Bertz CT molecular complexity index is 237. The van der Waals surface area contributed by atoms with Gasteiger partial charge in [0, 0.05) is 6.92 Å². The van der Waals surface area contributed by atoms with E-state index in [0.29, 0.717) is 0 Å². The van der Waals surface area contributed by atoms with Gasteiger partial charge >= 0.3 is 5.97 Å². The number of rotatable bonds is 1. The Kier molecular flexibility index (Phi) is 3.32. The fraction of sp³-hybridized carbons (Fsp3) is 0.923. The van der Waals surface area contributed by atoms with Crippen molar-refractivity contribution in [2.75, 3.05) is 0 Å². The summed E-state index contributed by atoms with van der Waals surface area (Å²) in [6, 6.07) is 0. The maximum Gasteiger partial charge on any atom is 0.302 e. The lowest BCUT2D eigenvalue weighted by Gasteiger charge is -2.42. The van der Waals surface area contributed by atoms with Crippen molar-refractivity contribution < 1.29 is 9.53 Å². The molecule has 0 aromatic rings. The molecule has 0 bridgehead atoms. The number of carbonyl (C=O) groups excluding carboxylic acids is 1. The van der Waals surface area contributed by atoms with Gasteiger partial charge in [-0.25, -0.2) is 0 Å². The summed E-state index contributed by atoms with van der Waals surface area (Å²) < 4.78 is 5.34. The van der Waals surface area contributed by atoms with Gasteiger partial charge in [0.15, 0.2) is 0 Å². The van der Waals surface area contributed by atoms with Crippen LogP contribution in [0.1, 0.15) is 52.4 Å². The van der Waals surface area contributed by atoms with Crippen molar-refractivity contribution >= 4 is 5.97 Å². The van der Waals surface area contributed by atoms with Crippen LogP contribution in [0.15, 0.2) is 0 Å². The van der Waals surface area contributed by atoms with E-state index in [4.69, 9.17) is 4.74 Å². The average molecular weight is 210 g/mol. The van der Waals surface area contributed by atoms with Gasteiger partial charge in [-0.3, -0.25) is 4.79 Å². The van der Waals surface area contributed by atoms with Gasteiger partial charge in [0.2, 0.25) is 0 Å². The van der Waals surface area contributed by atoms with Crippen molar-refractivity contribution in [3.05, 3.63) is 0 Å². The molecule has 2 nitrogen and oxygen atoms in total. The molecule has 2 saturated carbocycles. The zero-order valence-corrected chi connectivity index (χ0v) is 9.87. The second-order valence-electron chi connectivity index (χ2n) is 5.38. The topological polar surface area (TPSA) is 26.3 Å². The molecule has 0 heterocycles. The minimum Gasteiger partial charge on any atom is -0.463 e. The number of hydrogen-bond donors (Lipinski definition) is 0. The van der Waals surface area contributed by atoms with Gasteiger partial charge in [-0.05, 0) is 37.0 Å². The van der Waals surface area contributed by atoms with E-state index in [-0.39, 0.29) is 12.1 Å². The number of carbonyl (C=O) groups is 1. The quantitative estimate of drug-likeness (QED) is 0.621. The highest BCUT2D eigenvalue weighted by Crippen LogP contribution is 2.44. The summed E-state index contributed by atoms with van der Waals surface area (Å²) in [7, 11) is 0. The summed E-state index contributed by atoms with van der Waals surface area (Å²) in [4.78, 5) is 10.9. The Hall–Kier alpha value is -0.530. The highest BCUT2D eigenvalue weighted by atomic mass is 16.5. The highest BCUT2D eigenvalue weighted by Gasteiger charge is 2.36. The number of hydrogen-bond acceptors (Lipinski definition) is 2. The van der Waals surface area contributed by atoms with Crippen LogP contribution in [0.5, 0.6) is 0 Å². The smallest absolute Gasteiger partial charge is 0.302 e. The van der Waals surface area contributed by atoms with Gasteiger partial charge in [-0.1, -0.05) is 26.2 Å². The number of esters is 1. The Morgan fingerprint density at radius 2 is 2.00 bits per heavy atom. The molecule has 2 rings (SSSR count). The minimum atomic E-state index is -0.109. The molecule has 0 amide bonds. The second kappa shape index (κ2) is 4.54. The highest BCUT2D eigenvalue weighted by molar-refractivity contribution is 5.66. The van der Waals surface area contributed by atoms with Crippen LogP contribution in [0.25, 0.3) is 0 Å². The average Bonchev–Trinajstić information content (AvgIpc) is 2.17. The largest absolute Gasteiger partial charge is 0.463 e. The molecule has 0 aliphatic heterocycles. The molecule has 0 aromatic carbocycles. The first kappa shape index (κ1) is 11.0. The third-order valence-corrected chi connectivity index (χ3v) is 4.29. The van der Waals surface area contributed by atoms with E-state index in [1.807, 2.05) is 0 Å². The Morgan fingerprint density at radius 1 is 1.20 bits per heavy atom. The first-order valence-electron chi connectivity index (χ1n) is 6.34. The van der Waals surface area contributed by atoms with Gasteiger partial charge in [0.05, 0.1) is 0 Å². The van der Waals surface area contributed by atoms with E-state index >= 15 is 0 Å². The minimum absolute atomic E-state index is 0.109. The maximum atomic E-state index is 10.9. The SMILES string of the molecule is CC(=O)O[C@@H]1CCC2C(CCC[C@H]2C)C1. The third-order valence-electron chi connectivity index (χ3n) is 4.29. The van der Waals surface area contributed by atoms with Crippen molar-refractivity contribution in [3.8, 4) is 0 Å². The van der Waals surface area contributed by atoms with E-state index in [0.717, 1.165) is 30.6 Å². The first-order valence-corrected chi connectivity index (χ1v) is 6.34. The van der Waals surface area contributed by atoms with Gasteiger partial charge in [0.1, 0.15) is 6.10 Å². The first-order chi connectivity index (χ1) is 7.16. The Labute approximate surface area is 92.4 Å². The summed E-state index contributed by atoms with van der Waals surface area (Å²) >= 11 is 0. The zero-order valence-electron chi connectivity index (χ0n) is 9.87. The van der Waals surface area contributed by atoms with E-state index in [2.05, 4.69) is 6.92 Å².